The minimum atomic E-state index is -0.258. The minimum absolute atomic E-state index is 0.107. The van der Waals surface area contributed by atoms with Gasteiger partial charge in [-0.3, -0.25) is 14.6 Å². The summed E-state index contributed by atoms with van der Waals surface area (Å²) in [6.07, 6.45) is 1.59. The van der Waals surface area contributed by atoms with Crippen LogP contribution in [0.25, 0.3) is 0 Å². The first kappa shape index (κ1) is 14.6. The van der Waals surface area contributed by atoms with Crippen LogP contribution in [-0.4, -0.2) is 15.9 Å². The second-order valence-electron chi connectivity index (χ2n) is 5.31. The molecule has 1 unspecified atom stereocenters. The van der Waals surface area contributed by atoms with Crippen molar-refractivity contribution >= 4 is 29.1 Å². The molecule has 6 nitrogen and oxygen atoms in total. The lowest BCUT2D eigenvalue weighted by Crippen LogP contribution is -2.32. The second-order valence-corrected chi connectivity index (χ2v) is 5.75. The van der Waals surface area contributed by atoms with Gasteiger partial charge < -0.3 is 11.1 Å². The summed E-state index contributed by atoms with van der Waals surface area (Å²) in [4.78, 5) is 30.9. The number of fused-ring (bicyclic) bond motifs is 1. The molecule has 1 aromatic carbocycles. The van der Waals surface area contributed by atoms with Crippen LogP contribution in [0.5, 0.6) is 0 Å². The SMILES string of the molecule is Nc1nc2c(c(=O)[nH]1)CC(C(=O)Nc1ccc(Cl)cc1)CC2. The van der Waals surface area contributed by atoms with Crippen molar-refractivity contribution in [2.24, 2.45) is 5.92 Å². The van der Waals surface area contributed by atoms with Gasteiger partial charge >= 0.3 is 0 Å². The number of benzene rings is 1. The molecule has 3 rings (SSSR count). The first-order valence-corrected chi connectivity index (χ1v) is 7.34. The van der Waals surface area contributed by atoms with E-state index in [-0.39, 0.29) is 23.3 Å². The number of nitrogens with zero attached hydrogens (tertiary/aromatic N) is 1. The smallest absolute Gasteiger partial charge is 0.255 e. The number of aromatic amines is 1. The van der Waals surface area contributed by atoms with E-state index >= 15 is 0 Å². The van der Waals surface area contributed by atoms with Gasteiger partial charge in [0.25, 0.3) is 5.56 Å². The van der Waals surface area contributed by atoms with Gasteiger partial charge in [0.1, 0.15) is 0 Å². The summed E-state index contributed by atoms with van der Waals surface area (Å²) in [5.41, 5.74) is 7.21. The van der Waals surface area contributed by atoms with Gasteiger partial charge in [0.2, 0.25) is 11.9 Å². The number of carbonyl (C=O) groups is 1. The maximum absolute atomic E-state index is 12.3. The Morgan fingerprint density at radius 3 is 2.82 bits per heavy atom. The molecule has 0 fully saturated rings. The van der Waals surface area contributed by atoms with E-state index in [2.05, 4.69) is 15.3 Å². The third-order valence-electron chi connectivity index (χ3n) is 3.78. The fourth-order valence-corrected chi connectivity index (χ4v) is 2.77. The molecule has 0 spiro atoms. The molecule has 1 aliphatic carbocycles. The molecule has 0 saturated heterocycles. The zero-order chi connectivity index (χ0) is 15.7. The number of amides is 1. The summed E-state index contributed by atoms with van der Waals surface area (Å²) in [6.45, 7) is 0. The van der Waals surface area contributed by atoms with Gasteiger partial charge in [-0.1, -0.05) is 11.6 Å². The summed E-state index contributed by atoms with van der Waals surface area (Å²) in [7, 11) is 0. The standard InChI is InChI=1S/C15H15ClN4O2/c16-9-2-4-10(5-3-9)18-13(21)8-1-6-12-11(7-8)14(22)20-15(17)19-12/h2-5,8H,1,6-7H2,(H,18,21)(H3,17,19,20,22). The van der Waals surface area contributed by atoms with Crippen LogP contribution in [0.3, 0.4) is 0 Å². The second kappa shape index (κ2) is 5.81. The van der Waals surface area contributed by atoms with E-state index < -0.39 is 0 Å². The summed E-state index contributed by atoms with van der Waals surface area (Å²) < 4.78 is 0. The number of hydrogen-bond donors (Lipinski definition) is 3. The van der Waals surface area contributed by atoms with Gasteiger partial charge in [-0.05, 0) is 43.5 Å². The maximum atomic E-state index is 12.3. The molecule has 1 aromatic heterocycles. The highest BCUT2D eigenvalue weighted by atomic mass is 35.5. The molecule has 1 amide bonds. The number of hydrogen-bond acceptors (Lipinski definition) is 4. The topological polar surface area (TPSA) is 101 Å². The van der Waals surface area contributed by atoms with Crippen LogP contribution >= 0.6 is 11.6 Å². The van der Waals surface area contributed by atoms with Crippen LogP contribution < -0.4 is 16.6 Å². The average molecular weight is 319 g/mol. The molecule has 0 bridgehead atoms. The van der Waals surface area contributed by atoms with Crippen LogP contribution in [0.15, 0.2) is 29.1 Å². The number of anilines is 2. The summed E-state index contributed by atoms with van der Waals surface area (Å²) in [5.74, 6) is -0.244. The molecular formula is C15H15ClN4O2. The molecule has 1 heterocycles. The summed E-state index contributed by atoms with van der Waals surface area (Å²) in [6, 6.07) is 6.91. The quantitative estimate of drug-likeness (QED) is 0.785. The Kier molecular flexibility index (Phi) is 3.85. The lowest BCUT2D eigenvalue weighted by Gasteiger charge is -2.22. The number of halogens is 1. The van der Waals surface area contributed by atoms with Gasteiger partial charge in [0, 0.05) is 22.2 Å². The first-order valence-electron chi connectivity index (χ1n) is 6.97. The van der Waals surface area contributed by atoms with E-state index in [4.69, 9.17) is 17.3 Å². The highest BCUT2D eigenvalue weighted by Gasteiger charge is 2.27. The molecule has 22 heavy (non-hydrogen) atoms. The number of nitrogens with one attached hydrogen (secondary N) is 2. The largest absolute Gasteiger partial charge is 0.369 e. The third kappa shape index (κ3) is 2.96. The fourth-order valence-electron chi connectivity index (χ4n) is 2.64. The summed E-state index contributed by atoms with van der Waals surface area (Å²) in [5, 5.41) is 3.46. The van der Waals surface area contributed by atoms with Crippen molar-refractivity contribution < 1.29 is 4.79 Å². The van der Waals surface area contributed by atoms with Gasteiger partial charge in [-0.2, -0.15) is 0 Å². The van der Waals surface area contributed by atoms with Crippen molar-refractivity contribution in [3.8, 4) is 0 Å². The fraction of sp³-hybridized carbons (Fsp3) is 0.267. The Hall–Kier alpha value is -2.34. The van der Waals surface area contributed by atoms with E-state index in [0.29, 0.717) is 41.2 Å². The molecule has 2 aromatic rings. The average Bonchev–Trinajstić information content (AvgIpc) is 2.49. The molecule has 1 atom stereocenters. The highest BCUT2D eigenvalue weighted by molar-refractivity contribution is 6.30. The highest BCUT2D eigenvalue weighted by Crippen LogP contribution is 2.24. The number of nitrogens with two attached hydrogens (primary N) is 1. The number of nitrogen functional groups attached to an aromatic ring is 1. The number of rotatable bonds is 2. The minimum Gasteiger partial charge on any atom is -0.369 e. The van der Waals surface area contributed by atoms with Crippen LogP contribution in [0.1, 0.15) is 17.7 Å². The van der Waals surface area contributed by atoms with Gasteiger partial charge in [0.05, 0.1) is 5.69 Å². The Bertz CT molecular complexity index is 770. The van der Waals surface area contributed by atoms with Crippen molar-refractivity contribution in [2.45, 2.75) is 19.3 Å². The van der Waals surface area contributed by atoms with Crippen LogP contribution in [0.2, 0.25) is 5.02 Å². The number of H-pyrrole nitrogens is 1. The lowest BCUT2D eigenvalue weighted by molar-refractivity contribution is -0.120. The van der Waals surface area contributed by atoms with Gasteiger partial charge in [-0.15, -0.1) is 0 Å². The Morgan fingerprint density at radius 1 is 1.36 bits per heavy atom. The van der Waals surface area contributed by atoms with Crippen LogP contribution in [0.4, 0.5) is 11.6 Å². The third-order valence-corrected chi connectivity index (χ3v) is 4.03. The monoisotopic (exact) mass is 318 g/mol. The van der Waals surface area contributed by atoms with Crippen molar-refractivity contribution in [1.82, 2.24) is 9.97 Å². The zero-order valence-electron chi connectivity index (χ0n) is 11.7. The maximum Gasteiger partial charge on any atom is 0.255 e. The Morgan fingerprint density at radius 2 is 2.09 bits per heavy atom. The van der Waals surface area contributed by atoms with Crippen molar-refractivity contribution in [3.63, 3.8) is 0 Å². The molecule has 1 aliphatic rings. The van der Waals surface area contributed by atoms with E-state index in [1.165, 1.54) is 0 Å². The molecule has 7 heteroatoms. The van der Waals surface area contributed by atoms with Crippen LogP contribution in [-0.2, 0) is 17.6 Å². The molecule has 0 saturated carbocycles. The predicted molar refractivity (Wildman–Crippen MR) is 84.9 cm³/mol. The number of carbonyl (C=O) groups excluding carboxylic acids is 1. The van der Waals surface area contributed by atoms with Crippen molar-refractivity contribution in [1.29, 1.82) is 0 Å². The van der Waals surface area contributed by atoms with E-state index in [0.717, 1.165) is 0 Å². The van der Waals surface area contributed by atoms with E-state index in [9.17, 15) is 9.59 Å². The van der Waals surface area contributed by atoms with Gasteiger partial charge in [0.15, 0.2) is 0 Å². The molecule has 0 radical (unpaired) electrons. The Balaban J connectivity index is 1.75. The van der Waals surface area contributed by atoms with E-state index in [1.54, 1.807) is 24.3 Å². The number of aromatic nitrogens is 2. The van der Waals surface area contributed by atoms with Crippen LogP contribution in [0, 0.1) is 5.92 Å². The predicted octanol–water partition coefficient (Wildman–Crippen LogP) is 1.75. The van der Waals surface area contributed by atoms with Crippen molar-refractivity contribution in [2.75, 3.05) is 11.1 Å². The van der Waals surface area contributed by atoms with Gasteiger partial charge in [-0.25, -0.2) is 4.98 Å². The Labute approximate surface area is 131 Å². The first-order chi connectivity index (χ1) is 10.5. The molecular weight excluding hydrogens is 304 g/mol. The van der Waals surface area contributed by atoms with Crippen molar-refractivity contribution in [3.05, 3.63) is 50.9 Å². The van der Waals surface area contributed by atoms with E-state index in [1.807, 2.05) is 0 Å². The molecule has 0 aliphatic heterocycles. The summed E-state index contributed by atoms with van der Waals surface area (Å²) >= 11 is 5.82. The normalized spacial score (nSPS) is 16.9. The zero-order valence-corrected chi connectivity index (χ0v) is 12.5. The number of aryl methyl sites for hydroxylation is 1. The lowest BCUT2D eigenvalue weighted by atomic mass is 9.86. The molecule has 114 valence electrons. The molecule has 4 N–H and O–H groups in total.